The minimum atomic E-state index is -2.70. The normalized spacial score (nSPS) is 23.1. The highest BCUT2D eigenvalue weighted by Gasteiger charge is 2.22. The van der Waals surface area contributed by atoms with E-state index >= 15 is 0 Å². The molecule has 1 heterocycles. The summed E-state index contributed by atoms with van der Waals surface area (Å²) in [5, 5.41) is 0. The maximum absolute atomic E-state index is 10.9. The summed E-state index contributed by atoms with van der Waals surface area (Å²) in [5.74, 6) is 6.24. The Bertz CT molecular complexity index is 204. The molecule has 4 nitrogen and oxygen atoms in total. The molecule has 0 aromatic rings. The van der Waals surface area contributed by atoms with Gasteiger partial charge in [-0.15, -0.1) is 12.4 Å². The Morgan fingerprint density at radius 3 is 2.25 bits per heavy atom. The second-order valence-corrected chi connectivity index (χ2v) is 5.31. The molecule has 0 aromatic carbocycles. The molecule has 1 rings (SSSR count). The molecular weight excluding hydrogens is 200 g/mol. The number of halogens is 1. The van der Waals surface area contributed by atoms with Gasteiger partial charge in [-0.3, -0.25) is 11.3 Å². The lowest BCUT2D eigenvalue weighted by Gasteiger charge is -2.20. The minimum absolute atomic E-state index is 0. The third-order valence-corrected chi connectivity index (χ3v) is 3.80. The summed E-state index contributed by atoms with van der Waals surface area (Å²) in [6.45, 7) is 0.732. The zero-order valence-corrected chi connectivity index (χ0v) is 8.46. The lowest BCUT2D eigenvalue weighted by Crippen LogP contribution is -2.34. The second kappa shape index (κ2) is 5.01. The molecule has 1 aliphatic rings. The third kappa shape index (κ3) is 3.71. The van der Waals surface area contributed by atoms with Gasteiger partial charge in [-0.1, -0.05) is 0 Å². The topological polar surface area (TPSA) is 72.2 Å². The third-order valence-electron chi connectivity index (χ3n) is 2.08. The van der Waals surface area contributed by atoms with Gasteiger partial charge in [0.1, 0.15) is 9.84 Å². The molecule has 0 atom stereocenters. The van der Waals surface area contributed by atoms with Crippen molar-refractivity contribution in [2.75, 3.05) is 18.1 Å². The van der Waals surface area contributed by atoms with Gasteiger partial charge < -0.3 is 0 Å². The van der Waals surface area contributed by atoms with Crippen molar-refractivity contribution in [3.8, 4) is 0 Å². The molecule has 0 radical (unpaired) electrons. The Kier molecular flexibility index (Phi) is 5.08. The zero-order valence-electron chi connectivity index (χ0n) is 6.82. The fraction of sp³-hybridized carbons (Fsp3) is 1.00. The first-order chi connectivity index (χ1) is 5.14. The quantitative estimate of drug-likeness (QED) is 0.489. The van der Waals surface area contributed by atoms with Crippen molar-refractivity contribution in [2.24, 2.45) is 11.8 Å². The van der Waals surface area contributed by atoms with Crippen molar-refractivity contribution in [3.63, 3.8) is 0 Å². The van der Waals surface area contributed by atoms with Crippen molar-refractivity contribution in [1.82, 2.24) is 5.43 Å². The molecule has 1 saturated heterocycles. The average molecular weight is 215 g/mol. The fourth-order valence-electron chi connectivity index (χ4n) is 1.31. The number of hydrogen-bond acceptors (Lipinski definition) is 4. The fourth-order valence-corrected chi connectivity index (χ4v) is 2.90. The monoisotopic (exact) mass is 214 g/mol. The lowest BCUT2D eigenvalue weighted by molar-refractivity contribution is 0.437. The first-order valence-electron chi connectivity index (χ1n) is 3.78. The van der Waals surface area contributed by atoms with Gasteiger partial charge >= 0.3 is 0 Å². The largest absolute Gasteiger partial charge is 0.271 e. The van der Waals surface area contributed by atoms with Gasteiger partial charge in [-0.05, 0) is 18.8 Å². The van der Waals surface area contributed by atoms with Crippen molar-refractivity contribution in [1.29, 1.82) is 0 Å². The molecule has 1 aliphatic heterocycles. The van der Waals surface area contributed by atoms with Gasteiger partial charge in [0.2, 0.25) is 0 Å². The molecule has 0 spiro atoms. The van der Waals surface area contributed by atoms with E-state index in [9.17, 15) is 8.42 Å². The van der Waals surface area contributed by atoms with E-state index in [4.69, 9.17) is 5.84 Å². The molecule has 6 heteroatoms. The Labute approximate surface area is 79.2 Å². The van der Waals surface area contributed by atoms with Crippen LogP contribution in [-0.2, 0) is 9.84 Å². The minimum Gasteiger partial charge on any atom is -0.271 e. The molecule has 12 heavy (non-hydrogen) atoms. The predicted octanol–water partition coefficient (Wildman–Crippen LogP) is -0.304. The van der Waals surface area contributed by atoms with Crippen LogP contribution < -0.4 is 11.3 Å². The lowest BCUT2D eigenvalue weighted by atomic mass is 10.0. The number of nitrogens with one attached hydrogen (secondary N) is 1. The van der Waals surface area contributed by atoms with Crippen LogP contribution in [0.4, 0.5) is 0 Å². The Balaban J connectivity index is 0.00000121. The van der Waals surface area contributed by atoms with E-state index in [-0.39, 0.29) is 12.4 Å². The van der Waals surface area contributed by atoms with Crippen LogP contribution in [0.3, 0.4) is 0 Å². The first-order valence-corrected chi connectivity index (χ1v) is 5.60. The van der Waals surface area contributed by atoms with Crippen LogP contribution in [0.15, 0.2) is 0 Å². The second-order valence-electron chi connectivity index (χ2n) is 3.00. The molecule has 0 bridgehead atoms. The molecule has 0 aliphatic carbocycles. The number of hydrazine groups is 1. The number of sulfone groups is 1. The van der Waals surface area contributed by atoms with Gasteiger partial charge in [0.05, 0.1) is 11.5 Å². The summed E-state index contributed by atoms with van der Waals surface area (Å²) in [6, 6.07) is 0. The maximum atomic E-state index is 10.9. The van der Waals surface area contributed by atoms with Crippen LogP contribution >= 0.6 is 12.4 Å². The van der Waals surface area contributed by atoms with Crippen molar-refractivity contribution in [3.05, 3.63) is 0 Å². The smallest absolute Gasteiger partial charge is 0.150 e. The highest BCUT2D eigenvalue weighted by atomic mass is 35.5. The molecule has 0 aromatic heterocycles. The van der Waals surface area contributed by atoms with E-state index in [0.717, 1.165) is 19.4 Å². The van der Waals surface area contributed by atoms with Gasteiger partial charge in [0.25, 0.3) is 0 Å². The molecular formula is C6H15ClN2O2S. The van der Waals surface area contributed by atoms with Gasteiger partial charge in [0, 0.05) is 6.54 Å². The van der Waals surface area contributed by atoms with Gasteiger partial charge in [0.15, 0.2) is 0 Å². The number of rotatable bonds is 2. The molecule has 0 saturated carbocycles. The SMILES string of the molecule is Cl.NNCC1CCS(=O)(=O)CC1. The molecule has 3 N–H and O–H groups in total. The molecule has 0 unspecified atom stereocenters. The van der Waals surface area contributed by atoms with E-state index in [1.807, 2.05) is 0 Å². The van der Waals surface area contributed by atoms with E-state index in [1.165, 1.54) is 0 Å². The van der Waals surface area contributed by atoms with Crippen LogP contribution in [0.25, 0.3) is 0 Å². The summed E-state index contributed by atoms with van der Waals surface area (Å²) in [7, 11) is -2.70. The summed E-state index contributed by atoms with van der Waals surface area (Å²) in [5.41, 5.74) is 2.57. The Hall–Kier alpha value is 0.160. The van der Waals surface area contributed by atoms with Crippen molar-refractivity contribution < 1.29 is 8.42 Å². The van der Waals surface area contributed by atoms with Crippen LogP contribution in [-0.4, -0.2) is 26.5 Å². The first kappa shape index (κ1) is 12.2. The zero-order chi connectivity index (χ0) is 8.32. The molecule has 0 amide bonds. The van der Waals surface area contributed by atoms with E-state index < -0.39 is 9.84 Å². The van der Waals surface area contributed by atoms with Gasteiger partial charge in [-0.2, -0.15) is 0 Å². The highest BCUT2D eigenvalue weighted by molar-refractivity contribution is 7.91. The van der Waals surface area contributed by atoms with Crippen LogP contribution in [0.2, 0.25) is 0 Å². The summed E-state index contributed by atoms with van der Waals surface area (Å²) in [6.07, 6.45) is 1.51. The van der Waals surface area contributed by atoms with E-state index in [1.54, 1.807) is 0 Å². The van der Waals surface area contributed by atoms with Gasteiger partial charge in [-0.25, -0.2) is 8.42 Å². The summed E-state index contributed by atoms with van der Waals surface area (Å²) >= 11 is 0. The maximum Gasteiger partial charge on any atom is 0.150 e. The average Bonchev–Trinajstić information content (AvgIpc) is 1.94. The molecule has 74 valence electrons. The molecule has 1 fully saturated rings. The summed E-state index contributed by atoms with van der Waals surface area (Å²) < 4.78 is 21.9. The highest BCUT2D eigenvalue weighted by Crippen LogP contribution is 2.17. The van der Waals surface area contributed by atoms with Crippen LogP contribution in [0.5, 0.6) is 0 Å². The standard InChI is InChI=1S/C6H14N2O2S.ClH/c7-8-5-6-1-3-11(9,10)4-2-6;/h6,8H,1-5,7H2;1H. The van der Waals surface area contributed by atoms with Crippen molar-refractivity contribution >= 4 is 22.2 Å². The predicted molar refractivity (Wildman–Crippen MR) is 50.8 cm³/mol. The number of hydrogen-bond donors (Lipinski definition) is 2. The van der Waals surface area contributed by atoms with Crippen molar-refractivity contribution in [2.45, 2.75) is 12.8 Å². The number of nitrogens with two attached hydrogens (primary N) is 1. The van der Waals surface area contributed by atoms with E-state index in [2.05, 4.69) is 5.43 Å². The Morgan fingerprint density at radius 1 is 1.33 bits per heavy atom. The van der Waals surface area contributed by atoms with Crippen LogP contribution in [0.1, 0.15) is 12.8 Å². The Morgan fingerprint density at radius 2 is 1.83 bits per heavy atom. The summed E-state index contributed by atoms with van der Waals surface area (Å²) in [4.78, 5) is 0. The van der Waals surface area contributed by atoms with Crippen LogP contribution in [0, 0.1) is 5.92 Å². The van der Waals surface area contributed by atoms with E-state index in [0.29, 0.717) is 17.4 Å².